The zero-order valence-corrected chi connectivity index (χ0v) is 20.6. The van der Waals surface area contributed by atoms with Crippen molar-refractivity contribution in [2.24, 2.45) is 0 Å². The quantitative estimate of drug-likeness (QED) is 0.173. The van der Waals surface area contributed by atoms with Crippen LogP contribution in [-0.2, 0) is 0 Å². The van der Waals surface area contributed by atoms with E-state index >= 15 is 0 Å². The highest BCUT2D eigenvalue weighted by Crippen LogP contribution is 2.43. The summed E-state index contributed by atoms with van der Waals surface area (Å²) in [5.41, 5.74) is 1.96. The van der Waals surface area contributed by atoms with Crippen molar-refractivity contribution < 1.29 is 18.4 Å². The maximum Gasteiger partial charge on any atom is 0.197 e. The summed E-state index contributed by atoms with van der Waals surface area (Å²) in [4.78, 5) is 29.4. The number of hydrogen-bond acceptors (Lipinski definition) is 4. The van der Waals surface area contributed by atoms with Crippen LogP contribution in [0.5, 0.6) is 0 Å². The summed E-state index contributed by atoms with van der Waals surface area (Å²) < 4.78 is 29.6. The fraction of sp³-hybridized carbons (Fsp3) is 0. The van der Waals surface area contributed by atoms with E-state index in [4.69, 9.17) is 0 Å². The monoisotopic (exact) mass is 523 g/mol. The van der Waals surface area contributed by atoms with Gasteiger partial charge in [0.1, 0.15) is 4.83 Å². The molecule has 1 aliphatic rings. The van der Waals surface area contributed by atoms with Gasteiger partial charge in [0.05, 0.1) is 11.1 Å². The first-order valence-electron chi connectivity index (χ1n) is 11.5. The van der Waals surface area contributed by atoms with Crippen LogP contribution in [0.25, 0.3) is 42.6 Å². The van der Waals surface area contributed by atoms with E-state index in [-0.39, 0.29) is 16.7 Å². The van der Waals surface area contributed by atoms with Crippen LogP contribution in [0.1, 0.15) is 25.6 Å². The minimum absolute atomic E-state index is 0.0775. The summed E-state index contributed by atoms with van der Waals surface area (Å²) in [6.45, 7) is 0. The number of halogens is 2. The lowest BCUT2D eigenvalue weighted by Gasteiger charge is -2.06. The van der Waals surface area contributed by atoms with Gasteiger partial charge in [-0.15, -0.1) is 22.7 Å². The van der Waals surface area contributed by atoms with E-state index in [1.165, 1.54) is 22.8 Å². The molecule has 0 spiro atoms. The second-order valence-electron chi connectivity index (χ2n) is 8.75. The Balaban J connectivity index is 1.30. The van der Waals surface area contributed by atoms with E-state index in [0.29, 0.717) is 4.88 Å². The minimum atomic E-state index is -1.14. The van der Waals surface area contributed by atoms with Crippen LogP contribution < -0.4 is 0 Å². The highest BCUT2D eigenvalue weighted by molar-refractivity contribution is 7.26. The molecule has 0 bridgehead atoms. The van der Waals surface area contributed by atoms with E-state index < -0.39 is 23.2 Å². The average Bonchev–Trinajstić information content (AvgIpc) is 3.66. The van der Waals surface area contributed by atoms with E-state index in [0.717, 1.165) is 43.3 Å². The number of allylic oxidation sites excluding steroid dienone is 1. The smallest absolute Gasteiger partial charge is 0.197 e. The fourth-order valence-corrected chi connectivity index (χ4v) is 7.09. The van der Waals surface area contributed by atoms with Gasteiger partial charge in [-0.3, -0.25) is 9.59 Å². The SMILES string of the molecule is O=C1C(=Cc2ccc(-c3cc4c5ccccc5n(-c5ccccc5)c4s3)s2)C(=O)c2cc(F)c(F)cc21. The summed E-state index contributed by atoms with van der Waals surface area (Å²) in [6, 6.07) is 26.1. The highest BCUT2D eigenvalue weighted by Gasteiger charge is 2.34. The molecule has 0 amide bonds. The first kappa shape index (κ1) is 22.0. The highest BCUT2D eigenvalue weighted by atomic mass is 32.1. The van der Waals surface area contributed by atoms with Gasteiger partial charge < -0.3 is 4.57 Å². The molecule has 6 aromatic rings. The van der Waals surface area contributed by atoms with Crippen molar-refractivity contribution in [3.63, 3.8) is 0 Å². The normalized spacial score (nSPS) is 13.2. The minimum Gasteiger partial charge on any atom is -0.301 e. The standard InChI is InChI=1S/C30H15F2NO2S2/c31-23-13-19-20(14-24(23)32)29(35)22(28(19)34)12-17-10-11-26(36-17)27-15-21-18-8-4-5-9-25(18)33(30(21)37-27)16-6-2-1-3-7-16/h1-15H. The number of Topliss-reactive ketones (excluding diaryl/α,β-unsaturated/α-hetero) is 2. The first-order valence-corrected chi connectivity index (χ1v) is 13.1. The third-order valence-electron chi connectivity index (χ3n) is 6.56. The number of hydrogen-bond donors (Lipinski definition) is 0. The lowest BCUT2D eigenvalue weighted by molar-refractivity contribution is 0.0990. The molecular formula is C30H15F2NO2S2. The predicted molar refractivity (Wildman–Crippen MR) is 145 cm³/mol. The van der Waals surface area contributed by atoms with Gasteiger partial charge in [-0.2, -0.15) is 0 Å². The van der Waals surface area contributed by atoms with E-state index in [2.05, 4.69) is 34.9 Å². The van der Waals surface area contributed by atoms with Crippen LogP contribution in [0.15, 0.2) is 90.5 Å². The molecule has 0 saturated carbocycles. The van der Waals surface area contributed by atoms with Crippen molar-refractivity contribution in [3.8, 4) is 15.4 Å². The second kappa shape index (κ2) is 8.16. The average molecular weight is 524 g/mol. The van der Waals surface area contributed by atoms with Crippen molar-refractivity contribution in [1.29, 1.82) is 0 Å². The van der Waals surface area contributed by atoms with Gasteiger partial charge in [0.25, 0.3) is 0 Å². The van der Waals surface area contributed by atoms with Crippen molar-refractivity contribution in [1.82, 2.24) is 4.57 Å². The Labute approximate surface area is 217 Å². The Morgan fingerprint density at radius 3 is 2.08 bits per heavy atom. The summed E-state index contributed by atoms with van der Waals surface area (Å²) in [6.07, 6.45) is 1.52. The molecule has 0 unspecified atom stereocenters. The van der Waals surface area contributed by atoms with Crippen LogP contribution in [0, 0.1) is 11.6 Å². The predicted octanol–water partition coefficient (Wildman–Crippen LogP) is 8.31. The molecule has 7 rings (SSSR count). The van der Waals surface area contributed by atoms with Crippen LogP contribution in [-0.4, -0.2) is 16.1 Å². The third-order valence-corrected chi connectivity index (χ3v) is 8.91. The number of fused-ring (bicyclic) bond motifs is 4. The number of nitrogens with zero attached hydrogens (tertiary/aromatic N) is 1. The molecule has 0 radical (unpaired) electrons. The maximum absolute atomic E-state index is 13.7. The summed E-state index contributed by atoms with van der Waals surface area (Å²) >= 11 is 3.14. The van der Waals surface area contributed by atoms with Crippen molar-refractivity contribution in [2.45, 2.75) is 0 Å². The number of ketones is 2. The molecular weight excluding hydrogens is 508 g/mol. The molecule has 7 heteroatoms. The van der Waals surface area contributed by atoms with Crippen LogP contribution in [0.2, 0.25) is 0 Å². The van der Waals surface area contributed by atoms with E-state index in [9.17, 15) is 18.4 Å². The molecule has 0 fully saturated rings. The number of rotatable bonds is 3. The van der Waals surface area contributed by atoms with E-state index in [1.807, 2.05) is 42.5 Å². The fourth-order valence-electron chi connectivity index (χ4n) is 4.85. The van der Waals surface area contributed by atoms with Crippen LogP contribution in [0.3, 0.4) is 0 Å². The zero-order valence-electron chi connectivity index (χ0n) is 19.0. The van der Waals surface area contributed by atoms with Crippen molar-refractivity contribution in [2.75, 3.05) is 0 Å². The number of carbonyl (C=O) groups is 2. The van der Waals surface area contributed by atoms with Crippen LogP contribution >= 0.6 is 22.7 Å². The molecule has 0 saturated heterocycles. The van der Waals surface area contributed by atoms with Gasteiger partial charge >= 0.3 is 0 Å². The Hall–Kier alpha value is -4.20. The Morgan fingerprint density at radius 1 is 0.676 bits per heavy atom. The molecule has 3 aromatic carbocycles. The van der Waals surface area contributed by atoms with Gasteiger partial charge in [0, 0.05) is 42.2 Å². The molecule has 0 aliphatic heterocycles. The number of thiophene rings is 2. The largest absolute Gasteiger partial charge is 0.301 e. The Kier molecular flexibility index (Phi) is 4.86. The molecule has 0 N–H and O–H groups in total. The lowest BCUT2D eigenvalue weighted by atomic mass is 10.1. The first-order chi connectivity index (χ1) is 18.0. The molecule has 0 atom stereocenters. The van der Waals surface area contributed by atoms with Gasteiger partial charge in [-0.25, -0.2) is 8.78 Å². The lowest BCUT2D eigenvalue weighted by Crippen LogP contribution is -1.99. The molecule has 3 nitrogen and oxygen atoms in total. The summed E-state index contributed by atoms with van der Waals surface area (Å²) in [7, 11) is 0. The van der Waals surface area contributed by atoms with Gasteiger partial charge in [0.15, 0.2) is 23.2 Å². The topological polar surface area (TPSA) is 39.1 Å². The number of para-hydroxylation sites is 2. The van der Waals surface area contributed by atoms with Crippen LogP contribution in [0.4, 0.5) is 8.78 Å². The van der Waals surface area contributed by atoms with Gasteiger partial charge in [-0.05, 0) is 54.6 Å². The maximum atomic E-state index is 13.7. The summed E-state index contributed by atoms with van der Waals surface area (Å²) in [5.74, 6) is -3.45. The molecule has 178 valence electrons. The van der Waals surface area contributed by atoms with Gasteiger partial charge in [0.2, 0.25) is 0 Å². The Bertz CT molecular complexity index is 1900. The van der Waals surface area contributed by atoms with Crippen molar-refractivity contribution in [3.05, 3.63) is 118 Å². The number of carbonyl (C=O) groups excluding carboxylic acids is 2. The van der Waals surface area contributed by atoms with E-state index in [1.54, 1.807) is 11.3 Å². The molecule has 3 aromatic heterocycles. The molecule has 37 heavy (non-hydrogen) atoms. The molecule has 3 heterocycles. The molecule has 1 aliphatic carbocycles. The van der Waals surface area contributed by atoms with Crippen molar-refractivity contribution >= 4 is 61.4 Å². The zero-order chi connectivity index (χ0) is 25.3. The second-order valence-corrected chi connectivity index (χ2v) is 10.9. The number of aromatic nitrogens is 1. The Morgan fingerprint density at radius 2 is 1.35 bits per heavy atom. The van der Waals surface area contributed by atoms with Gasteiger partial charge in [-0.1, -0.05) is 36.4 Å². The third kappa shape index (κ3) is 3.35. The summed E-state index contributed by atoms with van der Waals surface area (Å²) in [5, 5.41) is 2.33. The number of benzene rings is 3.